The molecule has 0 aromatic heterocycles. The minimum absolute atomic E-state index is 0.357. The van der Waals surface area contributed by atoms with Gasteiger partial charge < -0.3 is 5.11 Å². The first-order valence-electron chi connectivity index (χ1n) is 6.16. The van der Waals surface area contributed by atoms with Crippen molar-refractivity contribution in [1.29, 1.82) is 0 Å². The summed E-state index contributed by atoms with van der Waals surface area (Å²) < 4.78 is 0. The molecule has 0 aliphatic carbocycles. The van der Waals surface area contributed by atoms with Crippen LogP contribution in [0.25, 0.3) is 11.1 Å². The van der Waals surface area contributed by atoms with Crippen molar-refractivity contribution in [2.24, 2.45) is 0 Å². The highest BCUT2D eigenvalue weighted by Crippen LogP contribution is 2.32. The third-order valence-electron chi connectivity index (χ3n) is 3.16. The Kier molecular flexibility index (Phi) is 3.48. The van der Waals surface area contributed by atoms with E-state index in [0.29, 0.717) is 5.75 Å². The van der Waals surface area contributed by atoms with Crippen LogP contribution in [0.1, 0.15) is 25.0 Å². The molecule has 0 radical (unpaired) electrons. The van der Waals surface area contributed by atoms with Gasteiger partial charge in [-0.15, -0.1) is 0 Å². The first kappa shape index (κ1) is 11.7. The van der Waals surface area contributed by atoms with Crippen molar-refractivity contribution in [1.82, 2.24) is 0 Å². The van der Waals surface area contributed by atoms with Crippen LogP contribution in [0.2, 0.25) is 0 Å². The highest BCUT2D eigenvalue weighted by atomic mass is 16.3. The first-order chi connectivity index (χ1) is 8.26. The van der Waals surface area contributed by atoms with Gasteiger partial charge in [0.1, 0.15) is 5.75 Å². The monoisotopic (exact) mass is 226 g/mol. The van der Waals surface area contributed by atoms with Gasteiger partial charge in [-0.05, 0) is 35.6 Å². The van der Waals surface area contributed by atoms with Gasteiger partial charge in [-0.25, -0.2) is 0 Å². The molecule has 1 heteroatoms. The van der Waals surface area contributed by atoms with Gasteiger partial charge in [0, 0.05) is 5.56 Å². The second-order valence-electron chi connectivity index (χ2n) is 4.22. The molecule has 0 saturated carbocycles. The van der Waals surface area contributed by atoms with Crippen molar-refractivity contribution < 1.29 is 5.11 Å². The highest BCUT2D eigenvalue weighted by Gasteiger charge is 2.08. The summed E-state index contributed by atoms with van der Waals surface area (Å²) in [5.41, 5.74) is 4.67. The molecule has 2 aromatic carbocycles. The summed E-state index contributed by atoms with van der Waals surface area (Å²) in [6.45, 7) is 4.29. The SMILES string of the molecule is CCc1ccc(CC)c(-c2ccccc2O)c1. The molecule has 1 N–H and O–H groups in total. The third kappa shape index (κ3) is 2.33. The fourth-order valence-electron chi connectivity index (χ4n) is 2.10. The largest absolute Gasteiger partial charge is 0.507 e. The lowest BCUT2D eigenvalue weighted by Gasteiger charge is -2.11. The van der Waals surface area contributed by atoms with Crippen LogP contribution >= 0.6 is 0 Å². The van der Waals surface area contributed by atoms with Gasteiger partial charge in [0.05, 0.1) is 0 Å². The molecule has 0 fully saturated rings. The Morgan fingerprint density at radius 3 is 2.29 bits per heavy atom. The summed E-state index contributed by atoms with van der Waals surface area (Å²) in [5.74, 6) is 0.357. The number of rotatable bonds is 3. The van der Waals surface area contributed by atoms with Gasteiger partial charge in [0.15, 0.2) is 0 Å². The first-order valence-corrected chi connectivity index (χ1v) is 6.16. The van der Waals surface area contributed by atoms with Crippen LogP contribution in [0.5, 0.6) is 5.75 Å². The number of para-hydroxylation sites is 1. The van der Waals surface area contributed by atoms with Gasteiger partial charge in [0.25, 0.3) is 0 Å². The average Bonchev–Trinajstić information content (AvgIpc) is 2.38. The Bertz CT molecular complexity index is 515. The molecular formula is C16H18O. The van der Waals surface area contributed by atoms with Crippen LogP contribution in [0, 0.1) is 0 Å². The average molecular weight is 226 g/mol. The molecule has 0 spiro atoms. The van der Waals surface area contributed by atoms with E-state index in [2.05, 4.69) is 32.0 Å². The van der Waals surface area contributed by atoms with E-state index in [-0.39, 0.29) is 0 Å². The normalized spacial score (nSPS) is 10.5. The number of aromatic hydroxyl groups is 1. The van der Waals surface area contributed by atoms with Crippen molar-refractivity contribution in [3.8, 4) is 16.9 Å². The van der Waals surface area contributed by atoms with Crippen LogP contribution in [-0.2, 0) is 12.8 Å². The van der Waals surface area contributed by atoms with Gasteiger partial charge in [0.2, 0.25) is 0 Å². The molecule has 0 saturated heterocycles. The summed E-state index contributed by atoms with van der Waals surface area (Å²) in [5, 5.41) is 9.95. The smallest absolute Gasteiger partial charge is 0.123 e. The number of aryl methyl sites for hydroxylation is 2. The van der Waals surface area contributed by atoms with Crippen LogP contribution in [0.15, 0.2) is 42.5 Å². The van der Waals surface area contributed by atoms with Gasteiger partial charge >= 0.3 is 0 Å². The van der Waals surface area contributed by atoms with E-state index < -0.39 is 0 Å². The molecule has 0 bridgehead atoms. The van der Waals surface area contributed by atoms with Crippen LogP contribution < -0.4 is 0 Å². The van der Waals surface area contributed by atoms with E-state index in [1.165, 1.54) is 11.1 Å². The Hall–Kier alpha value is -1.76. The van der Waals surface area contributed by atoms with Crippen LogP contribution in [0.4, 0.5) is 0 Å². The van der Waals surface area contributed by atoms with E-state index in [0.717, 1.165) is 24.0 Å². The standard InChI is InChI=1S/C16H18O/c1-3-12-9-10-13(4-2)15(11-12)14-7-5-6-8-16(14)17/h5-11,17H,3-4H2,1-2H3. The van der Waals surface area contributed by atoms with Crippen molar-refractivity contribution in [3.05, 3.63) is 53.6 Å². The molecule has 0 amide bonds. The van der Waals surface area contributed by atoms with Gasteiger partial charge in [-0.2, -0.15) is 0 Å². The summed E-state index contributed by atoms with van der Waals surface area (Å²) in [4.78, 5) is 0. The van der Waals surface area contributed by atoms with Crippen LogP contribution in [-0.4, -0.2) is 5.11 Å². The second kappa shape index (κ2) is 5.05. The summed E-state index contributed by atoms with van der Waals surface area (Å²) >= 11 is 0. The fourth-order valence-corrected chi connectivity index (χ4v) is 2.10. The lowest BCUT2D eigenvalue weighted by Crippen LogP contribution is -1.91. The Labute approximate surface area is 103 Å². The number of phenols is 1. The summed E-state index contributed by atoms with van der Waals surface area (Å²) in [6, 6.07) is 14.1. The van der Waals surface area contributed by atoms with E-state index in [1.54, 1.807) is 6.07 Å². The molecular weight excluding hydrogens is 208 g/mol. The zero-order valence-corrected chi connectivity index (χ0v) is 10.4. The van der Waals surface area contributed by atoms with E-state index >= 15 is 0 Å². The Morgan fingerprint density at radius 1 is 0.882 bits per heavy atom. The fraction of sp³-hybridized carbons (Fsp3) is 0.250. The maximum atomic E-state index is 9.95. The molecule has 2 rings (SSSR count). The molecule has 17 heavy (non-hydrogen) atoms. The number of hydrogen-bond donors (Lipinski definition) is 1. The Balaban J connectivity index is 2.60. The zero-order chi connectivity index (χ0) is 12.3. The summed E-state index contributed by atoms with van der Waals surface area (Å²) in [7, 11) is 0. The lowest BCUT2D eigenvalue weighted by atomic mass is 9.94. The maximum absolute atomic E-state index is 9.95. The molecule has 0 heterocycles. The maximum Gasteiger partial charge on any atom is 0.123 e. The molecule has 88 valence electrons. The van der Waals surface area contributed by atoms with Gasteiger partial charge in [-0.1, -0.05) is 50.2 Å². The third-order valence-corrected chi connectivity index (χ3v) is 3.16. The predicted molar refractivity (Wildman–Crippen MR) is 72.3 cm³/mol. The Morgan fingerprint density at radius 2 is 1.65 bits per heavy atom. The van der Waals surface area contributed by atoms with Crippen molar-refractivity contribution in [2.75, 3.05) is 0 Å². The minimum Gasteiger partial charge on any atom is -0.507 e. The van der Waals surface area contributed by atoms with E-state index in [1.807, 2.05) is 18.2 Å². The zero-order valence-electron chi connectivity index (χ0n) is 10.4. The van der Waals surface area contributed by atoms with Gasteiger partial charge in [-0.3, -0.25) is 0 Å². The molecule has 0 aliphatic heterocycles. The predicted octanol–water partition coefficient (Wildman–Crippen LogP) is 4.18. The molecule has 0 unspecified atom stereocenters. The highest BCUT2D eigenvalue weighted by molar-refractivity contribution is 5.73. The number of phenolic OH excluding ortho intramolecular Hbond substituents is 1. The van der Waals surface area contributed by atoms with Crippen LogP contribution in [0.3, 0.4) is 0 Å². The quantitative estimate of drug-likeness (QED) is 0.832. The summed E-state index contributed by atoms with van der Waals surface area (Å²) in [6.07, 6.45) is 2.00. The molecule has 1 nitrogen and oxygen atoms in total. The second-order valence-corrected chi connectivity index (χ2v) is 4.22. The van der Waals surface area contributed by atoms with E-state index in [4.69, 9.17) is 0 Å². The number of benzene rings is 2. The van der Waals surface area contributed by atoms with Crippen molar-refractivity contribution >= 4 is 0 Å². The van der Waals surface area contributed by atoms with E-state index in [9.17, 15) is 5.11 Å². The van der Waals surface area contributed by atoms with Crippen molar-refractivity contribution in [2.45, 2.75) is 26.7 Å². The number of hydrogen-bond acceptors (Lipinski definition) is 1. The minimum atomic E-state index is 0.357. The molecule has 0 aliphatic rings. The molecule has 0 atom stereocenters. The van der Waals surface area contributed by atoms with Crippen molar-refractivity contribution in [3.63, 3.8) is 0 Å². The molecule has 2 aromatic rings. The topological polar surface area (TPSA) is 20.2 Å². The lowest BCUT2D eigenvalue weighted by molar-refractivity contribution is 0.477.